The summed E-state index contributed by atoms with van der Waals surface area (Å²) in [6.07, 6.45) is 10.4. The zero-order valence-corrected chi connectivity index (χ0v) is 22.0. The molecule has 3 saturated carbocycles. The van der Waals surface area contributed by atoms with Gasteiger partial charge in [0.1, 0.15) is 5.75 Å². The summed E-state index contributed by atoms with van der Waals surface area (Å²) in [5.41, 5.74) is 3.46. The van der Waals surface area contributed by atoms with E-state index in [9.17, 15) is 15.3 Å². The minimum Gasteiger partial charge on any atom is -0.493 e. The molecule has 0 radical (unpaired) electrons. The summed E-state index contributed by atoms with van der Waals surface area (Å²) < 4.78 is 6.23. The van der Waals surface area contributed by atoms with Crippen molar-refractivity contribution in [2.24, 2.45) is 23.2 Å². The maximum atomic E-state index is 10.3. The Morgan fingerprint density at radius 1 is 1.17 bits per heavy atom. The number of hydrogen-bond donors (Lipinski definition) is 3. The van der Waals surface area contributed by atoms with Crippen molar-refractivity contribution in [1.82, 2.24) is 0 Å². The fraction of sp³-hybridized carbons (Fsp3) is 0.613. The molecule has 4 heteroatoms. The van der Waals surface area contributed by atoms with Gasteiger partial charge in [-0.05, 0) is 105 Å². The SMILES string of the molecule is C=C1C(O)CC(=CC=C2CCCC3(C)C2CCC3C(C)COc2cccc(C(C)(C)O)c2)CC1O. The molecule has 0 saturated heterocycles. The zero-order valence-electron chi connectivity index (χ0n) is 22.0. The van der Waals surface area contributed by atoms with Crippen molar-refractivity contribution >= 4 is 0 Å². The molecule has 0 spiro atoms. The molecule has 1 aromatic rings. The summed E-state index contributed by atoms with van der Waals surface area (Å²) in [7, 11) is 0. The maximum absolute atomic E-state index is 10.3. The van der Waals surface area contributed by atoms with E-state index in [4.69, 9.17) is 4.74 Å². The van der Waals surface area contributed by atoms with Gasteiger partial charge in [0, 0.05) is 0 Å². The second kappa shape index (κ2) is 10.2. The number of ether oxygens (including phenoxy) is 1. The number of benzene rings is 1. The quantitative estimate of drug-likeness (QED) is 0.432. The predicted molar refractivity (Wildman–Crippen MR) is 141 cm³/mol. The van der Waals surface area contributed by atoms with Crippen LogP contribution >= 0.6 is 0 Å². The van der Waals surface area contributed by atoms with E-state index in [1.807, 2.05) is 24.3 Å². The Balaban J connectivity index is 1.43. The van der Waals surface area contributed by atoms with E-state index in [1.54, 1.807) is 13.8 Å². The third-order valence-corrected chi connectivity index (χ3v) is 9.08. The molecular formula is C31H44O4. The van der Waals surface area contributed by atoms with Gasteiger partial charge in [0.05, 0.1) is 24.4 Å². The standard InChI is InChI=1S/C31H44O4/c1-20(19-35-25-10-6-9-24(18-25)30(3,4)34)26-13-14-27-23(8-7-15-31(26,27)5)12-11-22-16-28(32)21(2)29(33)17-22/h6,9-12,18,20,26-29,32-34H,2,7-8,13-17,19H2,1,3-5H3. The summed E-state index contributed by atoms with van der Waals surface area (Å²) in [5.74, 6) is 2.48. The van der Waals surface area contributed by atoms with Gasteiger partial charge in [-0.25, -0.2) is 0 Å². The van der Waals surface area contributed by atoms with Crippen molar-refractivity contribution in [3.05, 3.63) is 65.3 Å². The average molecular weight is 481 g/mol. The molecular weight excluding hydrogens is 436 g/mol. The third-order valence-electron chi connectivity index (χ3n) is 9.08. The predicted octanol–water partition coefficient (Wildman–Crippen LogP) is 6.07. The van der Waals surface area contributed by atoms with Crippen LogP contribution in [0.2, 0.25) is 0 Å². The van der Waals surface area contributed by atoms with Crippen LogP contribution < -0.4 is 4.74 Å². The summed E-state index contributed by atoms with van der Waals surface area (Å²) in [4.78, 5) is 0. The first-order valence-corrected chi connectivity index (χ1v) is 13.4. The Morgan fingerprint density at radius 2 is 1.89 bits per heavy atom. The van der Waals surface area contributed by atoms with Crippen LogP contribution in [0.5, 0.6) is 5.75 Å². The molecule has 0 aromatic heterocycles. The largest absolute Gasteiger partial charge is 0.493 e. The lowest BCUT2D eigenvalue weighted by Gasteiger charge is -2.44. The van der Waals surface area contributed by atoms with Crippen molar-refractivity contribution < 1.29 is 20.1 Å². The second-order valence-electron chi connectivity index (χ2n) is 12.1. The summed E-state index contributed by atoms with van der Waals surface area (Å²) in [6.45, 7) is 12.9. The maximum Gasteiger partial charge on any atom is 0.119 e. The summed E-state index contributed by atoms with van der Waals surface area (Å²) in [6, 6.07) is 7.82. The number of aliphatic hydroxyl groups excluding tert-OH is 2. The molecule has 3 fully saturated rings. The van der Waals surface area contributed by atoms with Gasteiger partial charge in [0.2, 0.25) is 0 Å². The van der Waals surface area contributed by atoms with E-state index in [1.165, 1.54) is 31.3 Å². The molecule has 0 heterocycles. The summed E-state index contributed by atoms with van der Waals surface area (Å²) in [5, 5.41) is 30.7. The van der Waals surface area contributed by atoms with Crippen molar-refractivity contribution in [2.45, 2.75) is 90.4 Å². The molecule has 6 atom stereocenters. The topological polar surface area (TPSA) is 69.9 Å². The molecule has 3 aliphatic rings. The van der Waals surface area contributed by atoms with Crippen LogP contribution in [-0.4, -0.2) is 34.1 Å². The Labute approximate surface area is 211 Å². The lowest BCUT2D eigenvalue weighted by atomic mass is 9.61. The van der Waals surface area contributed by atoms with Crippen LogP contribution in [0.4, 0.5) is 0 Å². The monoisotopic (exact) mass is 480 g/mol. The van der Waals surface area contributed by atoms with Gasteiger partial charge < -0.3 is 20.1 Å². The van der Waals surface area contributed by atoms with Gasteiger partial charge in [0.15, 0.2) is 0 Å². The van der Waals surface area contributed by atoms with Gasteiger partial charge in [-0.2, -0.15) is 0 Å². The molecule has 4 rings (SSSR count). The van der Waals surface area contributed by atoms with Crippen molar-refractivity contribution in [2.75, 3.05) is 6.61 Å². The molecule has 3 aliphatic carbocycles. The van der Waals surface area contributed by atoms with E-state index >= 15 is 0 Å². The molecule has 6 unspecified atom stereocenters. The van der Waals surface area contributed by atoms with Crippen molar-refractivity contribution in [3.8, 4) is 5.75 Å². The van der Waals surface area contributed by atoms with E-state index in [0.717, 1.165) is 23.3 Å². The highest BCUT2D eigenvalue weighted by Crippen LogP contribution is 2.59. The molecule has 0 amide bonds. The van der Waals surface area contributed by atoms with E-state index in [-0.39, 0.29) is 5.41 Å². The van der Waals surface area contributed by atoms with Crippen molar-refractivity contribution in [1.29, 1.82) is 0 Å². The zero-order chi connectivity index (χ0) is 25.4. The van der Waals surface area contributed by atoms with Gasteiger partial charge in [-0.3, -0.25) is 0 Å². The number of rotatable bonds is 6. The first kappa shape index (κ1) is 26.2. The Bertz CT molecular complexity index is 968. The van der Waals surface area contributed by atoms with Crippen LogP contribution in [0, 0.1) is 23.2 Å². The van der Waals surface area contributed by atoms with Crippen LogP contribution in [0.3, 0.4) is 0 Å². The normalized spacial score (nSPS) is 33.5. The van der Waals surface area contributed by atoms with Crippen LogP contribution in [-0.2, 0) is 5.60 Å². The molecule has 3 N–H and O–H groups in total. The molecule has 35 heavy (non-hydrogen) atoms. The average Bonchev–Trinajstić information content (AvgIpc) is 3.16. The number of hydrogen-bond acceptors (Lipinski definition) is 4. The Kier molecular flexibility index (Phi) is 7.66. The molecule has 0 bridgehead atoms. The fourth-order valence-electron chi connectivity index (χ4n) is 6.95. The van der Waals surface area contributed by atoms with Gasteiger partial charge in [-0.15, -0.1) is 0 Å². The van der Waals surface area contributed by atoms with Gasteiger partial charge in [-0.1, -0.05) is 55.9 Å². The molecule has 192 valence electrons. The lowest BCUT2D eigenvalue weighted by molar-refractivity contribution is 0.0727. The lowest BCUT2D eigenvalue weighted by Crippen LogP contribution is -2.37. The fourth-order valence-corrected chi connectivity index (χ4v) is 6.95. The highest BCUT2D eigenvalue weighted by atomic mass is 16.5. The second-order valence-corrected chi connectivity index (χ2v) is 12.1. The molecule has 1 aromatic carbocycles. The van der Waals surface area contributed by atoms with E-state index in [2.05, 4.69) is 32.6 Å². The van der Waals surface area contributed by atoms with Crippen LogP contribution in [0.15, 0.2) is 59.7 Å². The number of allylic oxidation sites excluding steroid dienone is 3. The van der Waals surface area contributed by atoms with Crippen LogP contribution in [0.1, 0.15) is 78.2 Å². The number of aliphatic hydroxyl groups is 3. The van der Waals surface area contributed by atoms with Gasteiger partial charge >= 0.3 is 0 Å². The first-order chi connectivity index (χ1) is 16.5. The van der Waals surface area contributed by atoms with Crippen molar-refractivity contribution in [3.63, 3.8) is 0 Å². The minimum absolute atomic E-state index is 0.278. The third kappa shape index (κ3) is 5.60. The molecule has 4 nitrogen and oxygen atoms in total. The van der Waals surface area contributed by atoms with E-state index < -0.39 is 17.8 Å². The number of fused-ring (bicyclic) bond motifs is 1. The Hall–Kier alpha value is -1.88. The smallest absolute Gasteiger partial charge is 0.119 e. The van der Waals surface area contributed by atoms with Gasteiger partial charge in [0.25, 0.3) is 0 Å². The highest BCUT2D eigenvalue weighted by Gasteiger charge is 2.50. The van der Waals surface area contributed by atoms with Crippen LogP contribution in [0.25, 0.3) is 0 Å². The molecule has 0 aliphatic heterocycles. The van der Waals surface area contributed by atoms with E-state index in [0.29, 0.717) is 42.8 Å². The highest BCUT2D eigenvalue weighted by molar-refractivity contribution is 5.32. The first-order valence-electron chi connectivity index (χ1n) is 13.4. The summed E-state index contributed by atoms with van der Waals surface area (Å²) >= 11 is 0. The Morgan fingerprint density at radius 3 is 2.57 bits per heavy atom. The minimum atomic E-state index is -0.876.